The molecule has 0 aliphatic rings. The van der Waals surface area contributed by atoms with E-state index in [1.54, 1.807) is 0 Å². The Morgan fingerprint density at radius 2 is 2.00 bits per heavy atom. The van der Waals surface area contributed by atoms with Gasteiger partial charge in [0.05, 0.1) is 11.3 Å². The van der Waals surface area contributed by atoms with E-state index in [1.807, 2.05) is 0 Å². The molecule has 18 heavy (non-hydrogen) atoms. The minimum Gasteiger partial charge on any atom is -0.478 e. The second kappa shape index (κ2) is 4.62. The van der Waals surface area contributed by atoms with E-state index in [0.717, 1.165) is 29.0 Å². The summed E-state index contributed by atoms with van der Waals surface area (Å²) in [4.78, 5) is 22.4. The fourth-order valence-corrected chi connectivity index (χ4v) is 1.64. The minimum atomic E-state index is -1.20. The van der Waals surface area contributed by atoms with Crippen LogP contribution in [-0.4, -0.2) is 15.6 Å². The Bertz CT molecular complexity index is 681. The summed E-state index contributed by atoms with van der Waals surface area (Å²) in [6, 6.07) is 5.92. The van der Waals surface area contributed by atoms with E-state index in [4.69, 9.17) is 16.7 Å². The molecule has 2 rings (SSSR count). The van der Waals surface area contributed by atoms with Gasteiger partial charge in [0, 0.05) is 17.3 Å². The van der Waals surface area contributed by atoms with Crippen molar-refractivity contribution in [3.05, 3.63) is 63.3 Å². The highest BCUT2D eigenvalue weighted by Gasteiger charge is 2.10. The third-order valence-corrected chi connectivity index (χ3v) is 2.56. The van der Waals surface area contributed by atoms with Crippen molar-refractivity contribution in [2.24, 2.45) is 0 Å². The molecule has 0 aliphatic heterocycles. The quantitative estimate of drug-likeness (QED) is 0.908. The lowest BCUT2D eigenvalue weighted by Crippen LogP contribution is -2.19. The van der Waals surface area contributed by atoms with Crippen molar-refractivity contribution in [3.63, 3.8) is 0 Å². The van der Waals surface area contributed by atoms with Crippen molar-refractivity contribution < 1.29 is 14.3 Å². The van der Waals surface area contributed by atoms with E-state index < -0.39 is 17.3 Å². The maximum Gasteiger partial charge on any atom is 0.337 e. The van der Waals surface area contributed by atoms with Crippen LogP contribution < -0.4 is 5.56 Å². The minimum absolute atomic E-state index is 0.0874. The molecule has 1 N–H and O–H groups in total. The van der Waals surface area contributed by atoms with Gasteiger partial charge in [-0.25, -0.2) is 9.18 Å². The van der Waals surface area contributed by atoms with Crippen molar-refractivity contribution in [1.82, 2.24) is 4.57 Å². The number of nitrogens with zero attached hydrogens (tertiary/aromatic N) is 1. The summed E-state index contributed by atoms with van der Waals surface area (Å²) < 4.78 is 14.5. The second-order valence-corrected chi connectivity index (χ2v) is 3.96. The molecule has 0 radical (unpaired) electrons. The van der Waals surface area contributed by atoms with E-state index in [1.165, 1.54) is 12.1 Å². The van der Waals surface area contributed by atoms with Crippen LogP contribution >= 0.6 is 11.6 Å². The van der Waals surface area contributed by atoms with Crippen LogP contribution in [0.1, 0.15) is 10.4 Å². The summed E-state index contributed by atoms with van der Waals surface area (Å²) in [5.74, 6) is -1.87. The Hall–Kier alpha value is -2.14. The molecule has 1 aromatic heterocycles. The number of pyridine rings is 1. The molecule has 1 heterocycles. The summed E-state index contributed by atoms with van der Waals surface area (Å²) in [5, 5.41) is 9.08. The Morgan fingerprint density at radius 3 is 2.67 bits per heavy atom. The van der Waals surface area contributed by atoms with Gasteiger partial charge in [0.15, 0.2) is 0 Å². The molecule has 0 atom stereocenters. The number of aromatic carboxylic acids is 1. The number of hydrogen-bond acceptors (Lipinski definition) is 2. The molecule has 0 spiro atoms. The number of aromatic nitrogens is 1. The first-order valence-corrected chi connectivity index (χ1v) is 5.28. The van der Waals surface area contributed by atoms with Crippen molar-refractivity contribution in [2.75, 3.05) is 0 Å². The highest BCUT2D eigenvalue weighted by atomic mass is 35.5. The standard InChI is InChI=1S/C12H7ClFNO3/c13-8-2-3-9(14)10(5-8)15-6-7(12(17)18)1-4-11(15)16/h1-6H,(H,17,18). The van der Waals surface area contributed by atoms with Crippen molar-refractivity contribution in [1.29, 1.82) is 0 Å². The maximum atomic E-state index is 13.6. The molecule has 4 nitrogen and oxygen atoms in total. The van der Waals surface area contributed by atoms with Gasteiger partial charge >= 0.3 is 5.97 Å². The maximum absolute atomic E-state index is 13.6. The van der Waals surface area contributed by atoms with Crippen molar-refractivity contribution >= 4 is 17.6 Å². The molecule has 0 bridgehead atoms. The Morgan fingerprint density at radius 1 is 1.28 bits per heavy atom. The monoisotopic (exact) mass is 267 g/mol. The average molecular weight is 268 g/mol. The fraction of sp³-hybridized carbons (Fsp3) is 0. The number of hydrogen-bond donors (Lipinski definition) is 1. The van der Waals surface area contributed by atoms with E-state index in [0.29, 0.717) is 0 Å². The first-order valence-electron chi connectivity index (χ1n) is 4.90. The number of carbonyl (C=O) groups is 1. The van der Waals surface area contributed by atoms with Gasteiger partial charge in [-0.1, -0.05) is 11.6 Å². The molecule has 0 saturated heterocycles. The summed E-state index contributed by atoms with van der Waals surface area (Å²) in [5.41, 5.74) is -0.745. The molecule has 92 valence electrons. The van der Waals surface area contributed by atoms with Crippen LogP contribution in [0, 0.1) is 5.82 Å². The zero-order valence-corrected chi connectivity index (χ0v) is 9.69. The predicted octanol–water partition coefficient (Wildman–Crippen LogP) is 2.33. The Kier molecular flexibility index (Phi) is 3.16. The number of halogens is 2. The van der Waals surface area contributed by atoms with Crippen LogP contribution in [0.15, 0.2) is 41.3 Å². The van der Waals surface area contributed by atoms with Gasteiger partial charge in [-0.2, -0.15) is 0 Å². The lowest BCUT2D eigenvalue weighted by atomic mass is 10.2. The van der Waals surface area contributed by atoms with E-state index in [2.05, 4.69) is 0 Å². The first-order chi connectivity index (χ1) is 8.49. The van der Waals surface area contributed by atoms with Crippen LogP contribution in [0.5, 0.6) is 0 Å². The normalized spacial score (nSPS) is 10.3. The topological polar surface area (TPSA) is 59.3 Å². The molecule has 0 saturated carbocycles. The number of carboxylic acid groups (broad SMARTS) is 1. The highest BCUT2D eigenvalue weighted by molar-refractivity contribution is 6.30. The van der Waals surface area contributed by atoms with Crippen LogP contribution in [0.4, 0.5) is 4.39 Å². The van der Waals surface area contributed by atoms with Gasteiger partial charge in [-0.05, 0) is 24.3 Å². The zero-order valence-electron chi connectivity index (χ0n) is 8.93. The van der Waals surface area contributed by atoms with Crippen molar-refractivity contribution in [3.8, 4) is 5.69 Å². The van der Waals surface area contributed by atoms with Crippen LogP contribution in [0.25, 0.3) is 5.69 Å². The van der Waals surface area contributed by atoms with Gasteiger partial charge in [-0.3, -0.25) is 9.36 Å². The SMILES string of the molecule is O=C(O)c1ccc(=O)n(-c2cc(Cl)ccc2F)c1. The van der Waals surface area contributed by atoms with Gasteiger partial charge in [0.25, 0.3) is 5.56 Å². The third-order valence-electron chi connectivity index (χ3n) is 2.33. The fourth-order valence-electron chi connectivity index (χ4n) is 1.47. The highest BCUT2D eigenvalue weighted by Crippen LogP contribution is 2.17. The Balaban J connectivity index is 2.70. The summed E-state index contributed by atoms with van der Waals surface area (Å²) >= 11 is 5.72. The van der Waals surface area contributed by atoms with Crippen molar-refractivity contribution in [2.45, 2.75) is 0 Å². The molecule has 2 aromatic rings. The molecule has 0 unspecified atom stereocenters. The summed E-state index contributed by atoms with van der Waals surface area (Å²) in [6.45, 7) is 0. The van der Waals surface area contributed by atoms with Crippen LogP contribution in [-0.2, 0) is 0 Å². The predicted molar refractivity (Wildman–Crippen MR) is 64.0 cm³/mol. The zero-order chi connectivity index (χ0) is 13.3. The van der Waals surface area contributed by atoms with E-state index in [-0.39, 0.29) is 16.3 Å². The molecule has 0 fully saturated rings. The largest absolute Gasteiger partial charge is 0.478 e. The molecule has 0 amide bonds. The summed E-state index contributed by atoms with van der Waals surface area (Å²) in [6.07, 6.45) is 1.05. The van der Waals surface area contributed by atoms with Gasteiger partial charge in [0.1, 0.15) is 5.82 Å². The van der Waals surface area contributed by atoms with Gasteiger partial charge < -0.3 is 5.11 Å². The van der Waals surface area contributed by atoms with Crippen LogP contribution in [0.3, 0.4) is 0 Å². The molecule has 0 aliphatic carbocycles. The second-order valence-electron chi connectivity index (χ2n) is 3.53. The summed E-state index contributed by atoms with van der Waals surface area (Å²) in [7, 11) is 0. The number of benzene rings is 1. The Labute approximate surface area is 106 Å². The third kappa shape index (κ3) is 2.26. The van der Waals surface area contributed by atoms with Gasteiger partial charge in [-0.15, -0.1) is 0 Å². The van der Waals surface area contributed by atoms with E-state index >= 15 is 0 Å². The first kappa shape index (κ1) is 12.3. The smallest absolute Gasteiger partial charge is 0.337 e. The molecular weight excluding hydrogens is 261 g/mol. The lowest BCUT2D eigenvalue weighted by molar-refractivity contribution is 0.0696. The van der Waals surface area contributed by atoms with Crippen LogP contribution in [0.2, 0.25) is 5.02 Å². The van der Waals surface area contributed by atoms with Gasteiger partial charge in [0.2, 0.25) is 0 Å². The molecular formula is C12H7ClFNO3. The average Bonchev–Trinajstić information content (AvgIpc) is 2.33. The number of carboxylic acids is 1. The molecule has 1 aromatic carbocycles. The molecule has 6 heteroatoms. The van der Waals surface area contributed by atoms with E-state index in [9.17, 15) is 14.0 Å². The number of rotatable bonds is 2. The lowest BCUT2D eigenvalue weighted by Gasteiger charge is -2.08.